The molecule has 0 saturated carbocycles. The topological polar surface area (TPSA) is 95.5 Å². The van der Waals surface area contributed by atoms with Crippen LogP contribution in [-0.4, -0.2) is 46.7 Å². The van der Waals surface area contributed by atoms with Crippen LogP contribution in [0.5, 0.6) is 0 Å². The number of aromatic nitrogens is 2. The lowest BCUT2D eigenvalue weighted by molar-refractivity contribution is -0.124. The Bertz CT molecular complexity index is 1060. The van der Waals surface area contributed by atoms with Gasteiger partial charge in [0.05, 0.1) is 12.7 Å². The minimum Gasteiger partial charge on any atom is -0.393 e. The molecule has 0 bridgehead atoms. The van der Waals surface area contributed by atoms with Crippen molar-refractivity contribution in [3.05, 3.63) is 46.2 Å². The van der Waals surface area contributed by atoms with Crippen molar-refractivity contribution in [1.82, 2.24) is 9.97 Å². The predicted molar refractivity (Wildman–Crippen MR) is 107 cm³/mol. The van der Waals surface area contributed by atoms with Gasteiger partial charge in [0, 0.05) is 41.8 Å². The van der Waals surface area contributed by atoms with E-state index >= 15 is 0 Å². The summed E-state index contributed by atoms with van der Waals surface area (Å²) in [6, 6.07) is 9.89. The fraction of sp³-hybridized carbons (Fsp3) is 0.381. The number of aliphatic hydroxyl groups excluding tert-OH is 1. The molecule has 0 spiro atoms. The molecule has 146 valence electrons. The Balaban J connectivity index is 1.77. The van der Waals surface area contributed by atoms with Gasteiger partial charge in [-0.2, -0.15) is 4.98 Å². The van der Waals surface area contributed by atoms with Crippen molar-refractivity contribution in [3.8, 4) is 11.4 Å². The standard InChI is InChI=1S/C21H23N3O4/c1-3-24(4-2)14-6-5-12-7-13-8-15(18-10-17(26)19(11-25)28-18)21(27)23-20(13)22-16(12)9-14/h5-9,18-19,25H,3-4,10-11H2,1-2H3,(H,22,23,27)/t18-,19-/m1/s1. The number of ether oxygens (including phenoxy) is 1. The van der Waals surface area contributed by atoms with Crippen LogP contribution in [0.15, 0.2) is 35.1 Å². The Hall–Kier alpha value is -2.77. The molecule has 3 aliphatic rings. The van der Waals surface area contributed by atoms with Gasteiger partial charge in [-0.3, -0.25) is 9.59 Å². The van der Waals surface area contributed by atoms with E-state index in [1.165, 1.54) is 0 Å². The van der Waals surface area contributed by atoms with Crippen molar-refractivity contribution in [2.24, 2.45) is 0 Å². The molecule has 0 amide bonds. The van der Waals surface area contributed by atoms with Crippen molar-refractivity contribution in [3.63, 3.8) is 0 Å². The Morgan fingerprint density at radius 1 is 1.21 bits per heavy atom. The van der Waals surface area contributed by atoms with Gasteiger partial charge in [0.2, 0.25) is 0 Å². The highest BCUT2D eigenvalue weighted by Gasteiger charge is 2.35. The number of pyridine rings is 2. The lowest BCUT2D eigenvalue weighted by atomic mass is 10.0. The fourth-order valence-electron chi connectivity index (χ4n) is 3.79. The highest BCUT2D eigenvalue weighted by atomic mass is 16.5. The molecule has 1 fully saturated rings. The first kappa shape index (κ1) is 18.6. The van der Waals surface area contributed by atoms with Crippen LogP contribution < -0.4 is 10.5 Å². The van der Waals surface area contributed by atoms with E-state index in [1.807, 2.05) is 12.1 Å². The van der Waals surface area contributed by atoms with Crippen LogP contribution >= 0.6 is 0 Å². The molecule has 0 unspecified atom stereocenters. The van der Waals surface area contributed by atoms with Crippen molar-refractivity contribution < 1.29 is 14.6 Å². The van der Waals surface area contributed by atoms with E-state index < -0.39 is 17.8 Å². The van der Waals surface area contributed by atoms with Crippen LogP contribution in [-0.2, 0) is 9.53 Å². The lowest BCUT2D eigenvalue weighted by Gasteiger charge is -2.21. The van der Waals surface area contributed by atoms with E-state index in [0.717, 1.165) is 35.2 Å². The number of fused-ring (bicyclic) bond motifs is 2. The molecule has 2 atom stereocenters. The zero-order valence-electron chi connectivity index (χ0n) is 15.9. The molecular formula is C21H23N3O4. The van der Waals surface area contributed by atoms with E-state index in [9.17, 15) is 14.7 Å². The average molecular weight is 381 g/mol. The van der Waals surface area contributed by atoms with Gasteiger partial charge in [0.15, 0.2) is 5.78 Å². The molecule has 4 rings (SSSR count). The third-order valence-corrected chi connectivity index (χ3v) is 5.36. The maximum Gasteiger partial charge on any atom is 0.277 e. The van der Waals surface area contributed by atoms with Gasteiger partial charge in [-0.1, -0.05) is 6.07 Å². The fourth-order valence-corrected chi connectivity index (χ4v) is 3.79. The second-order valence-electron chi connectivity index (χ2n) is 7.00. The van der Waals surface area contributed by atoms with E-state index in [2.05, 4.69) is 40.8 Å². The van der Waals surface area contributed by atoms with Crippen molar-refractivity contribution in [2.45, 2.75) is 32.5 Å². The number of aromatic amines is 1. The lowest BCUT2D eigenvalue weighted by Crippen LogP contribution is -2.22. The number of rotatable bonds is 5. The van der Waals surface area contributed by atoms with Gasteiger partial charge in [-0.15, -0.1) is 0 Å². The summed E-state index contributed by atoms with van der Waals surface area (Å²) in [5.74, 6) is 0.307. The maximum atomic E-state index is 12.5. The first-order chi connectivity index (χ1) is 13.5. The molecule has 1 saturated heterocycles. The summed E-state index contributed by atoms with van der Waals surface area (Å²) in [4.78, 5) is 34.1. The molecule has 0 radical (unpaired) electrons. The summed E-state index contributed by atoms with van der Waals surface area (Å²) >= 11 is 0. The molecule has 7 heteroatoms. The molecular weight excluding hydrogens is 358 g/mol. The summed E-state index contributed by atoms with van der Waals surface area (Å²) in [5.41, 5.74) is 2.73. The SMILES string of the molecule is CCN(CC)c1ccc2cc3cc([C@H]4CC(=O)[C@@H](CO)O4)c(=O)nc-3[nH]c2c1. The van der Waals surface area contributed by atoms with Crippen LogP contribution in [0.25, 0.3) is 22.3 Å². The molecule has 28 heavy (non-hydrogen) atoms. The quantitative estimate of drug-likeness (QED) is 0.658. The van der Waals surface area contributed by atoms with Gasteiger partial charge in [0.1, 0.15) is 11.9 Å². The molecule has 1 aromatic rings. The third-order valence-electron chi connectivity index (χ3n) is 5.36. The van der Waals surface area contributed by atoms with Crippen LogP contribution in [0.1, 0.15) is 31.9 Å². The van der Waals surface area contributed by atoms with Gasteiger partial charge in [-0.25, -0.2) is 0 Å². The number of nitrogens with zero attached hydrogens (tertiary/aromatic N) is 2. The van der Waals surface area contributed by atoms with Crippen LogP contribution in [0.2, 0.25) is 0 Å². The van der Waals surface area contributed by atoms with Crippen LogP contribution in [0.4, 0.5) is 5.69 Å². The van der Waals surface area contributed by atoms with Crippen molar-refractivity contribution in [2.75, 3.05) is 24.6 Å². The Morgan fingerprint density at radius 3 is 2.68 bits per heavy atom. The van der Waals surface area contributed by atoms with E-state index in [0.29, 0.717) is 11.4 Å². The molecule has 0 aromatic heterocycles. The predicted octanol–water partition coefficient (Wildman–Crippen LogP) is 2.27. The number of Topliss-reactive ketones (excluding diaryl/α,β-unsaturated/α-hetero) is 1. The highest BCUT2D eigenvalue weighted by molar-refractivity contribution is 5.88. The normalized spacial score (nSPS) is 19.6. The van der Waals surface area contributed by atoms with E-state index in [1.54, 1.807) is 6.07 Å². The number of hydrogen-bond donors (Lipinski definition) is 2. The van der Waals surface area contributed by atoms with Crippen molar-refractivity contribution >= 4 is 22.4 Å². The molecule has 7 nitrogen and oxygen atoms in total. The van der Waals surface area contributed by atoms with Gasteiger partial charge in [0.25, 0.3) is 5.56 Å². The van der Waals surface area contributed by atoms with Crippen LogP contribution in [0.3, 0.4) is 0 Å². The molecule has 0 aliphatic carbocycles. The number of H-pyrrole nitrogens is 1. The number of ketones is 1. The molecule has 3 heterocycles. The third kappa shape index (κ3) is 3.16. The first-order valence-electron chi connectivity index (χ1n) is 9.55. The zero-order chi connectivity index (χ0) is 19.8. The Morgan fingerprint density at radius 2 is 2.00 bits per heavy atom. The summed E-state index contributed by atoms with van der Waals surface area (Å²) in [6.45, 7) is 5.68. The number of anilines is 1. The largest absolute Gasteiger partial charge is 0.393 e. The summed E-state index contributed by atoms with van der Waals surface area (Å²) in [7, 11) is 0. The number of carbonyl (C=O) groups excluding carboxylic acids is 1. The second kappa shape index (κ2) is 7.33. The summed E-state index contributed by atoms with van der Waals surface area (Å²) < 4.78 is 5.54. The molecule has 1 aromatic carbocycles. The van der Waals surface area contributed by atoms with Gasteiger partial charge in [-0.05, 0) is 43.5 Å². The average Bonchev–Trinajstić information content (AvgIpc) is 3.07. The molecule has 2 N–H and O–H groups in total. The number of hydrogen-bond acceptors (Lipinski definition) is 6. The van der Waals surface area contributed by atoms with Gasteiger partial charge < -0.3 is 19.7 Å². The number of benzene rings is 1. The summed E-state index contributed by atoms with van der Waals surface area (Å²) in [5, 5.41) is 10.2. The highest BCUT2D eigenvalue weighted by Crippen LogP contribution is 2.32. The monoisotopic (exact) mass is 381 g/mol. The second-order valence-corrected chi connectivity index (χ2v) is 7.00. The smallest absolute Gasteiger partial charge is 0.277 e. The number of carbonyl (C=O) groups is 1. The maximum absolute atomic E-state index is 12.5. The van der Waals surface area contributed by atoms with E-state index in [-0.39, 0.29) is 18.8 Å². The van der Waals surface area contributed by atoms with Crippen LogP contribution in [0, 0.1) is 0 Å². The number of aliphatic hydroxyl groups is 1. The van der Waals surface area contributed by atoms with E-state index in [4.69, 9.17) is 4.74 Å². The Kier molecular flexibility index (Phi) is 4.87. The summed E-state index contributed by atoms with van der Waals surface area (Å²) in [6.07, 6.45) is -1.44. The minimum absolute atomic E-state index is 0.0815. The number of nitrogens with one attached hydrogen (secondary N) is 1. The molecule has 3 aliphatic heterocycles. The van der Waals surface area contributed by atoms with Gasteiger partial charge >= 0.3 is 0 Å². The minimum atomic E-state index is -0.859. The van der Waals surface area contributed by atoms with Crippen molar-refractivity contribution in [1.29, 1.82) is 0 Å². The zero-order valence-corrected chi connectivity index (χ0v) is 15.9. The Labute approximate surface area is 162 Å². The first-order valence-corrected chi connectivity index (χ1v) is 9.55.